The van der Waals surface area contributed by atoms with Crippen LogP contribution in [-0.4, -0.2) is 15.5 Å². The van der Waals surface area contributed by atoms with Crippen molar-refractivity contribution in [2.24, 2.45) is 7.05 Å². The van der Waals surface area contributed by atoms with Gasteiger partial charge in [-0.3, -0.25) is 4.79 Å². The summed E-state index contributed by atoms with van der Waals surface area (Å²) in [6.07, 6.45) is 1.77. The predicted molar refractivity (Wildman–Crippen MR) is 81.5 cm³/mol. The van der Waals surface area contributed by atoms with Crippen molar-refractivity contribution in [3.8, 4) is 11.5 Å². The Labute approximate surface area is 122 Å². The number of aromatic nitrogens is 2. The van der Waals surface area contributed by atoms with Gasteiger partial charge in [-0.05, 0) is 36.4 Å². The zero-order valence-corrected chi connectivity index (χ0v) is 11.8. The molecule has 1 aromatic heterocycles. The number of carbonyl (C=O) groups excluding carboxylic acids is 1. The summed E-state index contributed by atoms with van der Waals surface area (Å²) in [5.41, 5.74) is 2.70. The molecule has 0 aliphatic carbocycles. The Hall–Kier alpha value is -2.82. The quantitative estimate of drug-likeness (QED) is 0.801. The van der Waals surface area contributed by atoms with Gasteiger partial charge in [0.25, 0.3) is 0 Å². The molecule has 0 spiro atoms. The highest BCUT2D eigenvalue weighted by molar-refractivity contribution is 5.88. The van der Waals surface area contributed by atoms with Crippen LogP contribution in [-0.2, 0) is 11.8 Å². The minimum absolute atomic E-state index is 0.0923. The van der Waals surface area contributed by atoms with Crippen molar-refractivity contribution in [2.45, 2.75) is 6.92 Å². The highest BCUT2D eigenvalue weighted by Crippen LogP contribution is 2.26. The van der Waals surface area contributed by atoms with Crippen LogP contribution < -0.4 is 10.1 Å². The Bertz CT molecular complexity index is 791. The molecule has 0 saturated carbocycles. The van der Waals surface area contributed by atoms with Crippen molar-refractivity contribution < 1.29 is 9.53 Å². The number of fused-ring (bicyclic) bond motifs is 1. The van der Waals surface area contributed by atoms with E-state index in [1.54, 1.807) is 18.5 Å². The summed E-state index contributed by atoms with van der Waals surface area (Å²) in [6, 6.07) is 13.0. The van der Waals surface area contributed by atoms with Crippen molar-refractivity contribution >= 4 is 22.6 Å². The largest absolute Gasteiger partial charge is 0.457 e. The fraction of sp³-hybridized carbons (Fsp3) is 0.125. The Balaban J connectivity index is 1.81. The summed E-state index contributed by atoms with van der Waals surface area (Å²) >= 11 is 0. The molecular formula is C16H15N3O2. The Morgan fingerprint density at radius 1 is 1.14 bits per heavy atom. The number of carbonyl (C=O) groups is 1. The van der Waals surface area contributed by atoms with Crippen LogP contribution in [0.2, 0.25) is 0 Å². The van der Waals surface area contributed by atoms with E-state index in [0.717, 1.165) is 22.5 Å². The van der Waals surface area contributed by atoms with Gasteiger partial charge in [-0.25, -0.2) is 4.98 Å². The second-order valence-electron chi connectivity index (χ2n) is 4.81. The van der Waals surface area contributed by atoms with E-state index in [-0.39, 0.29) is 5.91 Å². The van der Waals surface area contributed by atoms with Crippen molar-refractivity contribution in [3.05, 3.63) is 48.8 Å². The third-order valence-corrected chi connectivity index (χ3v) is 3.11. The maximum atomic E-state index is 11.0. The minimum atomic E-state index is -0.0923. The fourth-order valence-corrected chi connectivity index (χ4v) is 2.12. The number of nitrogens with one attached hydrogen (secondary N) is 1. The number of aryl methyl sites for hydroxylation is 1. The molecule has 0 atom stereocenters. The van der Waals surface area contributed by atoms with Crippen molar-refractivity contribution in [1.29, 1.82) is 0 Å². The van der Waals surface area contributed by atoms with E-state index in [4.69, 9.17) is 4.74 Å². The van der Waals surface area contributed by atoms with E-state index < -0.39 is 0 Å². The summed E-state index contributed by atoms with van der Waals surface area (Å²) in [5.74, 6) is 1.37. The molecule has 0 saturated heterocycles. The average molecular weight is 281 g/mol. The molecule has 5 heteroatoms. The van der Waals surface area contributed by atoms with E-state index in [2.05, 4.69) is 10.3 Å². The van der Waals surface area contributed by atoms with Crippen LogP contribution in [0.1, 0.15) is 6.92 Å². The molecule has 0 radical (unpaired) electrons. The number of benzene rings is 2. The lowest BCUT2D eigenvalue weighted by atomic mass is 10.2. The number of nitrogens with zero attached hydrogens (tertiary/aromatic N) is 2. The third-order valence-electron chi connectivity index (χ3n) is 3.11. The Morgan fingerprint density at radius 3 is 2.57 bits per heavy atom. The number of amides is 1. The van der Waals surface area contributed by atoms with Crippen LogP contribution >= 0.6 is 0 Å². The first-order valence-electron chi connectivity index (χ1n) is 6.58. The maximum Gasteiger partial charge on any atom is 0.221 e. The van der Waals surface area contributed by atoms with E-state index in [9.17, 15) is 4.79 Å². The van der Waals surface area contributed by atoms with Crippen LogP contribution in [0.15, 0.2) is 48.8 Å². The molecule has 21 heavy (non-hydrogen) atoms. The van der Waals surface area contributed by atoms with Crippen molar-refractivity contribution in [2.75, 3.05) is 5.32 Å². The summed E-state index contributed by atoms with van der Waals surface area (Å²) < 4.78 is 7.76. The third kappa shape index (κ3) is 2.86. The average Bonchev–Trinajstić information content (AvgIpc) is 2.82. The van der Waals surface area contributed by atoms with Gasteiger partial charge in [0.15, 0.2) is 0 Å². The Kier molecular flexibility index (Phi) is 3.31. The van der Waals surface area contributed by atoms with Gasteiger partial charge in [0.1, 0.15) is 11.5 Å². The van der Waals surface area contributed by atoms with Crippen LogP contribution in [0.3, 0.4) is 0 Å². The van der Waals surface area contributed by atoms with Gasteiger partial charge in [0, 0.05) is 25.7 Å². The summed E-state index contributed by atoms with van der Waals surface area (Å²) in [7, 11) is 1.95. The van der Waals surface area contributed by atoms with E-state index in [0.29, 0.717) is 5.75 Å². The van der Waals surface area contributed by atoms with Gasteiger partial charge in [-0.1, -0.05) is 0 Å². The molecule has 106 valence electrons. The smallest absolute Gasteiger partial charge is 0.221 e. The van der Waals surface area contributed by atoms with E-state index >= 15 is 0 Å². The summed E-state index contributed by atoms with van der Waals surface area (Å²) in [4.78, 5) is 15.2. The topological polar surface area (TPSA) is 56.1 Å². The molecule has 1 N–H and O–H groups in total. The van der Waals surface area contributed by atoms with E-state index in [1.165, 1.54) is 6.92 Å². The van der Waals surface area contributed by atoms with E-state index in [1.807, 2.05) is 41.9 Å². The lowest BCUT2D eigenvalue weighted by molar-refractivity contribution is -0.114. The summed E-state index contributed by atoms with van der Waals surface area (Å²) in [5, 5.41) is 2.72. The van der Waals surface area contributed by atoms with Gasteiger partial charge in [-0.15, -0.1) is 0 Å². The van der Waals surface area contributed by atoms with Gasteiger partial charge in [0.05, 0.1) is 17.4 Å². The molecule has 3 aromatic rings. The van der Waals surface area contributed by atoms with Crippen molar-refractivity contribution in [3.63, 3.8) is 0 Å². The molecule has 0 bridgehead atoms. The fourth-order valence-electron chi connectivity index (χ4n) is 2.12. The normalized spacial score (nSPS) is 10.6. The number of hydrogen-bond donors (Lipinski definition) is 1. The lowest BCUT2D eigenvalue weighted by Crippen LogP contribution is -2.05. The second-order valence-corrected chi connectivity index (χ2v) is 4.81. The zero-order chi connectivity index (χ0) is 14.8. The first-order chi connectivity index (χ1) is 10.1. The molecule has 1 amide bonds. The van der Waals surface area contributed by atoms with Crippen molar-refractivity contribution in [1.82, 2.24) is 9.55 Å². The number of imidazole rings is 1. The number of anilines is 1. The summed E-state index contributed by atoms with van der Waals surface area (Å²) in [6.45, 7) is 1.48. The van der Waals surface area contributed by atoms with Gasteiger partial charge < -0.3 is 14.6 Å². The second kappa shape index (κ2) is 5.28. The zero-order valence-electron chi connectivity index (χ0n) is 11.8. The molecule has 3 rings (SSSR count). The van der Waals surface area contributed by atoms with Crippen LogP contribution in [0, 0.1) is 0 Å². The number of rotatable bonds is 3. The molecule has 0 aliphatic heterocycles. The highest BCUT2D eigenvalue weighted by Gasteiger charge is 2.03. The first kappa shape index (κ1) is 13.2. The minimum Gasteiger partial charge on any atom is -0.457 e. The SMILES string of the molecule is CC(=O)Nc1ccc(Oc2ccc3ncn(C)c3c2)cc1. The molecule has 5 nitrogen and oxygen atoms in total. The molecule has 1 heterocycles. The molecular weight excluding hydrogens is 266 g/mol. The molecule has 0 fully saturated rings. The first-order valence-corrected chi connectivity index (χ1v) is 6.58. The monoisotopic (exact) mass is 281 g/mol. The van der Waals surface area contributed by atoms with Crippen LogP contribution in [0.5, 0.6) is 11.5 Å². The van der Waals surface area contributed by atoms with Gasteiger partial charge >= 0.3 is 0 Å². The highest BCUT2D eigenvalue weighted by atomic mass is 16.5. The van der Waals surface area contributed by atoms with Crippen LogP contribution in [0.25, 0.3) is 11.0 Å². The lowest BCUT2D eigenvalue weighted by Gasteiger charge is -2.07. The number of ether oxygens (including phenoxy) is 1. The van der Waals surface area contributed by atoms with Gasteiger partial charge in [-0.2, -0.15) is 0 Å². The molecule has 0 unspecified atom stereocenters. The molecule has 2 aromatic carbocycles. The maximum absolute atomic E-state index is 11.0. The standard InChI is InChI=1S/C16H15N3O2/c1-11(20)18-12-3-5-13(6-4-12)21-14-7-8-15-16(9-14)19(2)10-17-15/h3-10H,1-2H3,(H,18,20). The van der Waals surface area contributed by atoms with Gasteiger partial charge in [0.2, 0.25) is 5.91 Å². The predicted octanol–water partition coefficient (Wildman–Crippen LogP) is 3.32. The molecule has 0 aliphatic rings. The number of hydrogen-bond acceptors (Lipinski definition) is 3. The van der Waals surface area contributed by atoms with Crippen LogP contribution in [0.4, 0.5) is 5.69 Å². The Morgan fingerprint density at radius 2 is 1.86 bits per heavy atom.